The number of rotatable bonds is 7. The van der Waals surface area contributed by atoms with E-state index in [0.29, 0.717) is 38.1 Å². The summed E-state index contributed by atoms with van der Waals surface area (Å²) in [5.41, 5.74) is 0.845. The quantitative estimate of drug-likeness (QED) is 0.744. The summed E-state index contributed by atoms with van der Waals surface area (Å²) in [6.45, 7) is 0.559. The van der Waals surface area contributed by atoms with Gasteiger partial charge in [0.05, 0.1) is 6.61 Å². The van der Waals surface area contributed by atoms with Crippen molar-refractivity contribution in [1.29, 1.82) is 0 Å². The van der Waals surface area contributed by atoms with E-state index in [1.165, 1.54) is 24.3 Å². The Morgan fingerprint density at radius 2 is 1.77 bits per heavy atom. The molecule has 1 aliphatic heterocycles. The number of nitrogens with one attached hydrogen (secondary N) is 1. The first kappa shape index (κ1) is 21.5. The molecule has 0 spiro atoms. The molecule has 2 aromatic carbocycles. The average Bonchev–Trinajstić information content (AvgIpc) is 2.74. The highest BCUT2D eigenvalue weighted by Crippen LogP contribution is 2.19. The lowest BCUT2D eigenvalue weighted by molar-refractivity contribution is -0.0498. The molecule has 2 amide bonds. The predicted molar refractivity (Wildman–Crippen MR) is 107 cm³/mol. The molecule has 0 aliphatic carbocycles. The maximum absolute atomic E-state index is 12.7. The van der Waals surface area contributed by atoms with Crippen molar-refractivity contribution in [3.8, 4) is 11.5 Å². The van der Waals surface area contributed by atoms with Gasteiger partial charge >= 0.3 is 6.61 Å². The van der Waals surface area contributed by atoms with E-state index < -0.39 is 6.61 Å². The van der Waals surface area contributed by atoms with Gasteiger partial charge in [0.15, 0.2) is 0 Å². The molecule has 0 radical (unpaired) electrons. The van der Waals surface area contributed by atoms with Gasteiger partial charge < -0.3 is 19.7 Å². The third kappa shape index (κ3) is 5.68. The maximum atomic E-state index is 12.7. The van der Waals surface area contributed by atoms with Gasteiger partial charge in [0.1, 0.15) is 11.5 Å². The topological polar surface area (TPSA) is 67.9 Å². The molecular weight excluding hydrogens is 394 g/mol. The monoisotopic (exact) mass is 418 g/mol. The predicted octanol–water partition coefficient (Wildman–Crippen LogP) is 3.72. The summed E-state index contributed by atoms with van der Waals surface area (Å²) < 4.78 is 34.4. The van der Waals surface area contributed by atoms with Crippen LogP contribution in [0.2, 0.25) is 0 Å². The van der Waals surface area contributed by atoms with E-state index in [1.807, 2.05) is 6.92 Å². The number of carbonyl (C=O) groups excluding carboxylic acids is 2. The molecule has 30 heavy (non-hydrogen) atoms. The van der Waals surface area contributed by atoms with Crippen molar-refractivity contribution in [3.63, 3.8) is 0 Å². The zero-order chi connectivity index (χ0) is 21.5. The Morgan fingerprint density at radius 1 is 1.07 bits per heavy atom. The highest BCUT2D eigenvalue weighted by molar-refractivity contribution is 5.95. The molecule has 3 rings (SSSR count). The molecule has 1 heterocycles. The minimum absolute atomic E-state index is 0.0559. The summed E-state index contributed by atoms with van der Waals surface area (Å²) in [5.74, 6) is 0.248. The van der Waals surface area contributed by atoms with Gasteiger partial charge in [-0.2, -0.15) is 8.78 Å². The first-order chi connectivity index (χ1) is 14.5. The van der Waals surface area contributed by atoms with E-state index in [0.717, 1.165) is 5.75 Å². The molecule has 0 saturated carbocycles. The van der Waals surface area contributed by atoms with Crippen molar-refractivity contribution >= 4 is 11.8 Å². The van der Waals surface area contributed by atoms with Crippen LogP contribution in [0.25, 0.3) is 0 Å². The molecule has 2 aromatic rings. The van der Waals surface area contributed by atoms with Gasteiger partial charge in [0.25, 0.3) is 11.8 Å². The zero-order valence-corrected chi connectivity index (χ0v) is 16.6. The van der Waals surface area contributed by atoms with Crippen LogP contribution in [0.4, 0.5) is 8.78 Å². The van der Waals surface area contributed by atoms with E-state index in [-0.39, 0.29) is 29.2 Å². The number of halogens is 2. The molecule has 1 N–H and O–H groups in total. The molecule has 8 heteroatoms. The number of nitrogens with zero attached hydrogens (tertiary/aromatic N) is 1. The Kier molecular flexibility index (Phi) is 7.21. The SMILES string of the molecule is CCOc1ccc(C(=O)N2CCC(NC(=O)c3cccc(OC(F)F)c3)CC2)cc1. The fourth-order valence-corrected chi connectivity index (χ4v) is 3.35. The van der Waals surface area contributed by atoms with Gasteiger partial charge in [-0.05, 0) is 62.2 Å². The molecule has 160 valence electrons. The van der Waals surface area contributed by atoms with Crippen LogP contribution in [0, 0.1) is 0 Å². The Balaban J connectivity index is 1.51. The second-order valence-electron chi connectivity index (χ2n) is 6.90. The number of likely N-dealkylation sites (tertiary alicyclic amines) is 1. The lowest BCUT2D eigenvalue weighted by Gasteiger charge is -2.32. The number of carbonyl (C=O) groups is 2. The van der Waals surface area contributed by atoms with E-state index in [1.54, 1.807) is 29.2 Å². The van der Waals surface area contributed by atoms with Crippen LogP contribution in [0.1, 0.15) is 40.5 Å². The molecule has 0 unspecified atom stereocenters. The normalized spacial score (nSPS) is 14.5. The van der Waals surface area contributed by atoms with Crippen LogP contribution in [0.3, 0.4) is 0 Å². The van der Waals surface area contributed by atoms with Crippen molar-refractivity contribution < 1.29 is 27.8 Å². The summed E-state index contributed by atoms with van der Waals surface area (Å²) in [7, 11) is 0. The van der Waals surface area contributed by atoms with Crippen LogP contribution in [-0.2, 0) is 0 Å². The molecule has 6 nitrogen and oxygen atoms in total. The molecule has 1 saturated heterocycles. The zero-order valence-electron chi connectivity index (χ0n) is 16.6. The largest absolute Gasteiger partial charge is 0.494 e. The van der Waals surface area contributed by atoms with Crippen LogP contribution >= 0.6 is 0 Å². The lowest BCUT2D eigenvalue weighted by atomic mass is 10.0. The van der Waals surface area contributed by atoms with Crippen LogP contribution in [0.15, 0.2) is 48.5 Å². The van der Waals surface area contributed by atoms with E-state index >= 15 is 0 Å². The minimum Gasteiger partial charge on any atom is -0.494 e. The van der Waals surface area contributed by atoms with E-state index in [4.69, 9.17) is 4.74 Å². The third-order valence-electron chi connectivity index (χ3n) is 4.85. The molecule has 0 atom stereocenters. The minimum atomic E-state index is -2.94. The summed E-state index contributed by atoms with van der Waals surface area (Å²) >= 11 is 0. The van der Waals surface area contributed by atoms with E-state index in [9.17, 15) is 18.4 Å². The van der Waals surface area contributed by atoms with Crippen LogP contribution in [0.5, 0.6) is 11.5 Å². The maximum Gasteiger partial charge on any atom is 0.387 e. The average molecular weight is 418 g/mol. The summed E-state index contributed by atoms with van der Waals surface area (Å²) in [6, 6.07) is 12.6. The molecule has 0 aromatic heterocycles. The molecular formula is C22H24F2N2O4. The van der Waals surface area contributed by atoms with Crippen LogP contribution < -0.4 is 14.8 Å². The first-order valence-electron chi connectivity index (χ1n) is 9.84. The van der Waals surface area contributed by atoms with E-state index in [2.05, 4.69) is 10.1 Å². The Morgan fingerprint density at radius 3 is 2.40 bits per heavy atom. The fraction of sp³-hybridized carbons (Fsp3) is 0.364. The highest BCUT2D eigenvalue weighted by atomic mass is 19.3. The third-order valence-corrected chi connectivity index (χ3v) is 4.85. The summed E-state index contributed by atoms with van der Waals surface area (Å²) in [4.78, 5) is 26.9. The number of benzene rings is 2. The number of ether oxygens (including phenoxy) is 2. The number of hydrogen-bond acceptors (Lipinski definition) is 4. The molecule has 1 fully saturated rings. The molecule has 0 bridgehead atoms. The fourth-order valence-electron chi connectivity index (χ4n) is 3.35. The van der Waals surface area contributed by atoms with Gasteiger partial charge in [0.2, 0.25) is 0 Å². The second kappa shape index (κ2) is 10.0. The smallest absolute Gasteiger partial charge is 0.387 e. The highest BCUT2D eigenvalue weighted by Gasteiger charge is 2.25. The van der Waals surface area contributed by atoms with Gasteiger partial charge in [-0.15, -0.1) is 0 Å². The standard InChI is InChI=1S/C22H24F2N2O4/c1-2-29-18-8-6-15(7-9-18)21(28)26-12-10-17(11-13-26)25-20(27)16-4-3-5-19(14-16)30-22(23)24/h3-9,14,17,22H,2,10-13H2,1H3,(H,25,27). The summed E-state index contributed by atoms with van der Waals surface area (Å²) in [6.07, 6.45) is 1.23. The van der Waals surface area contributed by atoms with Gasteiger partial charge in [0, 0.05) is 30.3 Å². The molecule has 1 aliphatic rings. The van der Waals surface area contributed by atoms with Gasteiger partial charge in [-0.1, -0.05) is 6.07 Å². The van der Waals surface area contributed by atoms with Crippen molar-refractivity contribution in [3.05, 3.63) is 59.7 Å². The number of amides is 2. The first-order valence-corrected chi connectivity index (χ1v) is 9.84. The van der Waals surface area contributed by atoms with Crippen molar-refractivity contribution in [2.45, 2.75) is 32.4 Å². The summed E-state index contributed by atoms with van der Waals surface area (Å²) in [5, 5.41) is 2.90. The second-order valence-corrected chi connectivity index (χ2v) is 6.90. The van der Waals surface area contributed by atoms with Crippen LogP contribution in [-0.4, -0.2) is 49.1 Å². The van der Waals surface area contributed by atoms with Crippen molar-refractivity contribution in [2.24, 2.45) is 0 Å². The van der Waals surface area contributed by atoms with Crippen molar-refractivity contribution in [1.82, 2.24) is 10.2 Å². The Labute approximate surface area is 173 Å². The lowest BCUT2D eigenvalue weighted by Crippen LogP contribution is -2.46. The van der Waals surface area contributed by atoms with Gasteiger partial charge in [-0.25, -0.2) is 0 Å². The Bertz CT molecular complexity index is 866. The van der Waals surface area contributed by atoms with Crippen molar-refractivity contribution in [2.75, 3.05) is 19.7 Å². The Hall–Kier alpha value is -3.16. The van der Waals surface area contributed by atoms with Gasteiger partial charge in [-0.3, -0.25) is 9.59 Å². The number of alkyl halides is 2. The number of piperidine rings is 1. The number of hydrogen-bond donors (Lipinski definition) is 1.